The highest BCUT2D eigenvalue weighted by Gasteiger charge is 2.22. The summed E-state index contributed by atoms with van der Waals surface area (Å²) in [6, 6.07) is 11.0. The van der Waals surface area contributed by atoms with Gasteiger partial charge in [0.1, 0.15) is 17.2 Å². The molecule has 1 amide bonds. The maximum absolute atomic E-state index is 13.9. The zero-order valence-electron chi connectivity index (χ0n) is 14.7. The number of halogens is 3. The second kappa shape index (κ2) is 8.22. The summed E-state index contributed by atoms with van der Waals surface area (Å²) < 4.78 is 27.8. The third-order valence-corrected chi connectivity index (χ3v) is 4.24. The number of Topliss-reactive ketones (excluding diaryl/α,β-unsaturated/α-hetero) is 1. The molecule has 0 atom stereocenters. The summed E-state index contributed by atoms with van der Waals surface area (Å²) >= 11 is 5.72. The van der Waals surface area contributed by atoms with Crippen LogP contribution in [-0.2, 0) is 6.42 Å². The third kappa shape index (κ3) is 4.20. The number of hydrogen-bond acceptors (Lipinski definition) is 4. The van der Waals surface area contributed by atoms with Crippen LogP contribution in [0, 0.1) is 11.6 Å². The molecule has 0 saturated heterocycles. The minimum Gasteiger partial charge on any atom is -0.311 e. The Balaban J connectivity index is 1.84. The lowest BCUT2D eigenvalue weighted by Crippen LogP contribution is -2.28. The van der Waals surface area contributed by atoms with E-state index in [9.17, 15) is 18.4 Å². The summed E-state index contributed by atoms with van der Waals surface area (Å²) in [7, 11) is 1.38. The van der Waals surface area contributed by atoms with Crippen LogP contribution in [0.2, 0.25) is 5.28 Å². The second-order valence-electron chi connectivity index (χ2n) is 5.93. The highest BCUT2D eigenvalue weighted by atomic mass is 35.5. The highest BCUT2D eigenvalue weighted by molar-refractivity contribution is 6.28. The summed E-state index contributed by atoms with van der Waals surface area (Å²) in [6.07, 6.45) is 1.44. The lowest BCUT2D eigenvalue weighted by atomic mass is 10.1. The number of carbonyl (C=O) groups excluding carboxylic acids is 2. The topological polar surface area (TPSA) is 63.2 Å². The van der Waals surface area contributed by atoms with E-state index in [4.69, 9.17) is 11.6 Å². The Hall–Kier alpha value is -3.19. The van der Waals surface area contributed by atoms with Crippen molar-refractivity contribution in [1.29, 1.82) is 0 Å². The van der Waals surface area contributed by atoms with Crippen molar-refractivity contribution in [2.45, 2.75) is 6.42 Å². The Bertz CT molecular complexity index is 1040. The Labute approximate surface area is 164 Å². The SMILES string of the molecule is CN(C(=O)c1c(F)cccc1F)c1cccc(C(=O)Cc2ccnc(Cl)n2)c1. The molecule has 0 aliphatic rings. The predicted octanol–water partition coefficient (Wildman–Crippen LogP) is 4.11. The van der Waals surface area contributed by atoms with Crippen molar-refractivity contribution in [3.05, 3.63) is 88.5 Å². The molecule has 142 valence electrons. The fraction of sp³-hybridized carbons (Fsp3) is 0.100. The van der Waals surface area contributed by atoms with Crippen molar-refractivity contribution in [2.75, 3.05) is 11.9 Å². The zero-order chi connectivity index (χ0) is 20.3. The van der Waals surface area contributed by atoms with Crippen LogP contribution in [0.3, 0.4) is 0 Å². The molecule has 0 radical (unpaired) electrons. The van der Waals surface area contributed by atoms with Crippen molar-refractivity contribution in [3.8, 4) is 0 Å². The van der Waals surface area contributed by atoms with Gasteiger partial charge in [0.15, 0.2) is 5.78 Å². The molecule has 1 heterocycles. The number of aromatic nitrogens is 2. The lowest BCUT2D eigenvalue weighted by Gasteiger charge is -2.18. The van der Waals surface area contributed by atoms with Gasteiger partial charge in [-0.15, -0.1) is 0 Å². The number of anilines is 1. The summed E-state index contributed by atoms with van der Waals surface area (Å²) in [4.78, 5) is 33.9. The molecule has 3 aromatic rings. The van der Waals surface area contributed by atoms with Crippen LogP contribution in [0.15, 0.2) is 54.7 Å². The molecule has 3 rings (SSSR count). The molecule has 0 aliphatic carbocycles. The standard InChI is InChI=1S/C20H14ClF2N3O2/c1-26(19(28)18-15(22)6-3-7-16(18)23)14-5-2-4-12(10-14)17(27)11-13-8-9-24-20(21)25-13/h2-10H,11H2,1H3. The first-order valence-electron chi connectivity index (χ1n) is 8.19. The van der Waals surface area contributed by atoms with Gasteiger partial charge in [0.05, 0.1) is 12.1 Å². The normalized spacial score (nSPS) is 10.6. The fourth-order valence-corrected chi connectivity index (χ4v) is 2.77. The van der Waals surface area contributed by atoms with Gasteiger partial charge in [-0.2, -0.15) is 0 Å². The number of ketones is 1. The smallest absolute Gasteiger partial charge is 0.263 e. The van der Waals surface area contributed by atoms with Crippen molar-refractivity contribution in [2.24, 2.45) is 0 Å². The van der Waals surface area contributed by atoms with Gasteiger partial charge in [-0.05, 0) is 41.9 Å². The van der Waals surface area contributed by atoms with E-state index in [0.717, 1.165) is 17.0 Å². The van der Waals surface area contributed by atoms with Crippen LogP contribution >= 0.6 is 11.6 Å². The van der Waals surface area contributed by atoms with Crippen LogP contribution in [0.4, 0.5) is 14.5 Å². The van der Waals surface area contributed by atoms with E-state index in [1.165, 1.54) is 25.4 Å². The Morgan fingerprint density at radius 3 is 2.43 bits per heavy atom. The maximum Gasteiger partial charge on any atom is 0.263 e. The second-order valence-corrected chi connectivity index (χ2v) is 6.27. The molecule has 0 fully saturated rings. The van der Waals surface area contributed by atoms with Gasteiger partial charge in [0, 0.05) is 24.5 Å². The maximum atomic E-state index is 13.9. The molecule has 0 spiro atoms. The first-order valence-corrected chi connectivity index (χ1v) is 8.57. The highest BCUT2D eigenvalue weighted by Crippen LogP contribution is 2.21. The molecule has 0 aliphatic heterocycles. The van der Waals surface area contributed by atoms with E-state index in [0.29, 0.717) is 16.9 Å². The third-order valence-electron chi connectivity index (χ3n) is 4.06. The van der Waals surface area contributed by atoms with Crippen molar-refractivity contribution >= 4 is 29.0 Å². The molecule has 0 unspecified atom stereocenters. The first kappa shape index (κ1) is 19.6. The van der Waals surface area contributed by atoms with Crippen molar-refractivity contribution < 1.29 is 18.4 Å². The lowest BCUT2D eigenvalue weighted by molar-refractivity contribution is 0.0976. The number of rotatable bonds is 5. The average molecular weight is 402 g/mol. The summed E-state index contributed by atoms with van der Waals surface area (Å²) in [6.45, 7) is 0. The van der Waals surface area contributed by atoms with E-state index in [1.807, 2.05) is 0 Å². The molecule has 2 aromatic carbocycles. The molecule has 1 aromatic heterocycles. The minimum atomic E-state index is -0.954. The summed E-state index contributed by atoms with van der Waals surface area (Å²) in [5.74, 6) is -3.02. The van der Waals surface area contributed by atoms with Gasteiger partial charge in [0.2, 0.25) is 5.28 Å². The zero-order valence-corrected chi connectivity index (χ0v) is 15.5. The molecular formula is C20H14ClF2N3O2. The molecule has 0 saturated carbocycles. The van der Waals surface area contributed by atoms with E-state index >= 15 is 0 Å². The Morgan fingerprint density at radius 2 is 1.75 bits per heavy atom. The number of nitrogens with zero attached hydrogens (tertiary/aromatic N) is 3. The Kier molecular flexibility index (Phi) is 5.75. The van der Waals surface area contributed by atoms with Crippen LogP contribution in [0.5, 0.6) is 0 Å². The Morgan fingerprint density at radius 1 is 1.07 bits per heavy atom. The van der Waals surface area contributed by atoms with E-state index < -0.39 is 23.1 Å². The van der Waals surface area contributed by atoms with Crippen LogP contribution in [0.1, 0.15) is 26.4 Å². The monoisotopic (exact) mass is 401 g/mol. The van der Waals surface area contributed by atoms with E-state index in [1.54, 1.807) is 24.3 Å². The van der Waals surface area contributed by atoms with Gasteiger partial charge in [-0.1, -0.05) is 18.2 Å². The predicted molar refractivity (Wildman–Crippen MR) is 101 cm³/mol. The van der Waals surface area contributed by atoms with Gasteiger partial charge in [-0.25, -0.2) is 18.7 Å². The molecule has 0 N–H and O–H groups in total. The molecule has 28 heavy (non-hydrogen) atoms. The van der Waals surface area contributed by atoms with Gasteiger partial charge < -0.3 is 4.90 Å². The van der Waals surface area contributed by atoms with Crippen LogP contribution < -0.4 is 4.90 Å². The van der Waals surface area contributed by atoms with Gasteiger partial charge in [-0.3, -0.25) is 9.59 Å². The largest absolute Gasteiger partial charge is 0.311 e. The van der Waals surface area contributed by atoms with E-state index in [-0.39, 0.29) is 17.5 Å². The van der Waals surface area contributed by atoms with Crippen molar-refractivity contribution in [1.82, 2.24) is 9.97 Å². The number of hydrogen-bond donors (Lipinski definition) is 0. The molecule has 0 bridgehead atoms. The molecule has 8 heteroatoms. The van der Waals surface area contributed by atoms with E-state index in [2.05, 4.69) is 9.97 Å². The summed E-state index contributed by atoms with van der Waals surface area (Å²) in [5, 5.41) is 0.0382. The van der Waals surface area contributed by atoms with Crippen LogP contribution in [0.25, 0.3) is 0 Å². The molecular weight excluding hydrogens is 388 g/mol. The van der Waals surface area contributed by atoms with Crippen LogP contribution in [-0.4, -0.2) is 28.7 Å². The van der Waals surface area contributed by atoms with Gasteiger partial charge >= 0.3 is 0 Å². The molecule has 5 nitrogen and oxygen atoms in total. The average Bonchev–Trinajstić information content (AvgIpc) is 2.67. The minimum absolute atomic E-state index is 0.00864. The van der Waals surface area contributed by atoms with Gasteiger partial charge in [0.25, 0.3) is 5.91 Å². The number of amides is 1. The van der Waals surface area contributed by atoms with Crippen molar-refractivity contribution in [3.63, 3.8) is 0 Å². The number of benzene rings is 2. The summed E-state index contributed by atoms with van der Waals surface area (Å²) in [5.41, 5.74) is 0.436. The fourth-order valence-electron chi connectivity index (χ4n) is 2.61. The number of carbonyl (C=O) groups is 2. The first-order chi connectivity index (χ1) is 13.4. The quantitative estimate of drug-likeness (QED) is 0.477.